The second-order valence-electron chi connectivity index (χ2n) is 3.74. The number of aromatic nitrogens is 1. The van der Waals surface area contributed by atoms with Crippen molar-refractivity contribution in [2.75, 3.05) is 13.7 Å². The van der Waals surface area contributed by atoms with E-state index < -0.39 is 5.97 Å². The van der Waals surface area contributed by atoms with Crippen LogP contribution in [0.25, 0.3) is 11.5 Å². The van der Waals surface area contributed by atoms with Crippen molar-refractivity contribution in [3.8, 4) is 23.1 Å². The van der Waals surface area contributed by atoms with Crippen molar-refractivity contribution >= 4 is 17.6 Å². The molecule has 0 radical (unpaired) electrons. The molecule has 1 heterocycles. The molecule has 2 aromatic rings. The summed E-state index contributed by atoms with van der Waals surface area (Å²) in [6.07, 6.45) is 0. The fraction of sp³-hybridized carbons (Fsp3) is 0.231. The highest BCUT2D eigenvalue weighted by Gasteiger charge is 2.23. The first-order valence-corrected chi connectivity index (χ1v) is 6.15. The van der Waals surface area contributed by atoms with Gasteiger partial charge in [0.1, 0.15) is 5.75 Å². The molecule has 0 aliphatic carbocycles. The third-order valence-corrected chi connectivity index (χ3v) is 2.70. The van der Waals surface area contributed by atoms with Gasteiger partial charge in [0.15, 0.2) is 0 Å². The fourth-order valence-corrected chi connectivity index (χ4v) is 1.80. The number of carbonyl (C=O) groups is 1. The quantitative estimate of drug-likeness (QED) is 0.913. The van der Waals surface area contributed by atoms with Gasteiger partial charge in [-0.25, -0.2) is 4.79 Å². The highest BCUT2D eigenvalue weighted by molar-refractivity contribution is 6.30. The summed E-state index contributed by atoms with van der Waals surface area (Å²) < 4.78 is 15.6. The normalized spacial score (nSPS) is 10.3. The van der Waals surface area contributed by atoms with Gasteiger partial charge in [-0.05, 0) is 25.1 Å². The molecule has 0 aliphatic rings. The van der Waals surface area contributed by atoms with Crippen molar-refractivity contribution in [2.45, 2.75) is 6.92 Å². The van der Waals surface area contributed by atoms with E-state index in [0.717, 1.165) is 0 Å². The summed E-state index contributed by atoms with van der Waals surface area (Å²) in [6, 6.07) is 4.87. The molecule has 0 spiro atoms. The summed E-state index contributed by atoms with van der Waals surface area (Å²) >= 11 is 5.92. The van der Waals surface area contributed by atoms with Crippen molar-refractivity contribution in [1.29, 1.82) is 0 Å². The molecule has 1 N–H and O–H groups in total. The molecule has 0 atom stereocenters. The number of ether oxygens (including phenoxy) is 2. The Hall–Kier alpha value is -2.21. The summed E-state index contributed by atoms with van der Waals surface area (Å²) in [7, 11) is 1.48. The summed E-state index contributed by atoms with van der Waals surface area (Å²) in [5.41, 5.74) is 0.164. The number of oxazole rings is 1. The Morgan fingerprint density at radius 1 is 1.50 bits per heavy atom. The van der Waals surface area contributed by atoms with E-state index in [0.29, 0.717) is 16.3 Å². The largest absolute Gasteiger partial charge is 0.496 e. The number of nitrogens with zero attached hydrogens (tertiary/aromatic N) is 1. The number of hydrogen-bond acceptors (Lipinski definition) is 5. The first-order valence-electron chi connectivity index (χ1n) is 5.77. The Labute approximate surface area is 119 Å². The van der Waals surface area contributed by atoms with Crippen molar-refractivity contribution in [1.82, 2.24) is 4.98 Å². The molecule has 7 heteroatoms. The molecular weight excluding hydrogens is 286 g/mol. The van der Waals surface area contributed by atoms with Gasteiger partial charge in [0.05, 0.1) is 19.3 Å². The molecule has 2 rings (SSSR count). The smallest absolute Gasteiger partial charge is 0.362 e. The van der Waals surface area contributed by atoms with E-state index in [2.05, 4.69) is 4.98 Å². The maximum absolute atomic E-state index is 11.1. The molecule has 106 valence electrons. The zero-order valence-electron chi connectivity index (χ0n) is 10.8. The Bertz CT molecular complexity index is 638. The average molecular weight is 298 g/mol. The van der Waals surface area contributed by atoms with Crippen LogP contribution >= 0.6 is 11.6 Å². The van der Waals surface area contributed by atoms with Crippen LogP contribution in [0.3, 0.4) is 0 Å². The number of aromatic carboxylic acids is 1. The maximum atomic E-state index is 11.1. The van der Waals surface area contributed by atoms with Gasteiger partial charge in [-0.15, -0.1) is 0 Å². The third kappa shape index (κ3) is 2.70. The van der Waals surface area contributed by atoms with Gasteiger partial charge in [0, 0.05) is 5.02 Å². The molecule has 20 heavy (non-hydrogen) atoms. The van der Waals surface area contributed by atoms with Crippen molar-refractivity contribution in [3.63, 3.8) is 0 Å². The highest BCUT2D eigenvalue weighted by atomic mass is 35.5. The maximum Gasteiger partial charge on any atom is 0.362 e. The highest BCUT2D eigenvalue weighted by Crippen LogP contribution is 2.35. The molecular formula is C13H12ClNO5. The SMILES string of the molecule is CCOc1oc(-c2cc(Cl)ccc2OC)nc1C(=O)O. The van der Waals surface area contributed by atoms with Gasteiger partial charge in [0.25, 0.3) is 0 Å². The van der Waals surface area contributed by atoms with Gasteiger partial charge < -0.3 is 19.0 Å². The van der Waals surface area contributed by atoms with Crippen LogP contribution in [0.4, 0.5) is 0 Å². The Morgan fingerprint density at radius 3 is 2.85 bits per heavy atom. The van der Waals surface area contributed by atoms with E-state index in [1.807, 2.05) is 0 Å². The lowest BCUT2D eigenvalue weighted by atomic mass is 10.2. The molecule has 1 aromatic carbocycles. The fourth-order valence-electron chi connectivity index (χ4n) is 1.63. The lowest BCUT2D eigenvalue weighted by Crippen LogP contribution is -2.01. The molecule has 1 aromatic heterocycles. The van der Waals surface area contributed by atoms with Crippen LogP contribution in [0.15, 0.2) is 22.6 Å². The molecule has 0 aliphatic heterocycles. The minimum absolute atomic E-state index is 0.0743. The summed E-state index contributed by atoms with van der Waals surface area (Å²) in [6.45, 7) is 1.98. The van der Waals surface area contributed by atoms with Crippen LogP contribution < -0.4 is 9.47 Å². The standard InChI is InChI=1S/C13H12ClNO5/c1-3-19-13-10(12(16)17)15-11(20-13)8-6-7(14)4-5-9(8)18-2/h4-6H,3H2,1-2H3,(H,16,17). The van der Waals surface area contributed by atoms with E-state index in [1.54, 1.807) is 25.1 Å². The number of hydrogen-bond donors (Lipinski definition) is 1. The second kappa shape index (κ2) is 5.83. The summed E-state index contributed by atoms with van der Waals surface area (Å²) in [5.74, 6) is -0.831. The first kappa shape index (κ1) is 14.2. The van der Waals surface area contributed by atoms with Crippen LogP contribution in [-0.4, -0.2) is 29.8 Å². The molecule has 0 fully saturated rings. The van der Waals surface area contributed by atoms with Crippen molar-refractivity contribution in [3.05, 3.63) is 28.9 Å². The predicted octanol–water partition coefficient (Wildman–Crippen LogP) is 3.10. The van der Waals surface area contributed by atoms with E-state index in [-0.39, 0.29) is 24.1 Å². The summed E-state index contributed by atoms with van der Waals surface area (Å²) in [5, 5.41) is 9.53. The van der Waals surface area contributed by atoms with Crippen LogP contribution in [0.5, 0.6) is 11.7 Å². The van der Waals surface area contributed by atoms with Gasteiger partial charge in [0.2, 0.25) is 11.6 Å². The molecule has 6 nitrogen and oxygen atoms in total. The zero-order chi connectivity index (χ0) is 14.7. The first-order chi connectivity index (χ1) is 9.56. The number of halogens is 1. The number of benzene rings is 1. The molecule has 0 bridgehead atoms. The minimum Gasteiger partial charge on any atom is -0.496 e. The predicted molar refractivity (Wildman–Crippen MR) is 71.6 cm³/mol. The molecule has 0 unspecified atom stereocenters. The summed E-state index contributed by atoms with van der Waals surface area (Å²) in [4.78, 5) is 15.0. The molecule has 0 saturated heterocycles. The van der Waals surface area contributed by atoms with Crippen molar-refractivity contribution in [2.24, 2.45) is 0 Å². The number of rotatable bonds is 5. The van der Waals surface area contributed by atoms with E-state index in [4.69, 9.17) is 30.6 Å². The Morgan fingerprint density at radius 2 is 2.25 bits per heavy atom. The van der Waals surface area contributed by atoms with Crippen molar-refractivity contribution < 1.29 is 23.8 Å². The van der Waals surface area contributed by atoms with Gasteiger partial charge in [-0.2, -0.15) is 4.98 Å². The van der Waals surface area contributed by atoms with Crippen LogP contribution in [-0.2, 0) is 0 Å². The van der Waals surface area contributed by atoms with E-state index >= 15 is 0 Å². The number of methoxy groups -OCH3 is 1. The number of carboxylic acids is 1. The lowest BCUT2D eigenvalue weighted by Gasteiger charge is -2.05. The van der Waals surface area contributed by atoms with Crippen LogP contribution in [0.1, 0.15) is 17.4 Å². The van der Waals surface area contributed by atoms with Gasteiger partial charge in [-0.1, -0.05) is 11.6 Å². The lowest BCUT2D eigenvalue weighted by molar-refractivity contribution is 0.0683. The van der Waals surface area contributed by atoms with Gasteiger partial charge >= 0.3 is 11.9 Å². The zero-order valence-corrected chi connectivity index (χ0v) is 11.6. The van der Waals surface area contributed by atoms with E-state index in [1.165, 1.54) is 7.11 Å². The second-order valence-corrected chi connectivity index (χ2v) is 4.17. The van der Waals surface area contributed by atoms with Crippen LogP contribution in [0, 0.1) is 0 Å². The number of carboxylic acid groups (broad SMARTS) is 1. The van der Waals surface area contributed by atoms with Gasteiger partial charge in [-0.3, -0.25) is 0 Å². The molecule has 0 saturated carbocycles. The average Bonchev–Trinajstić information content (AvgIpc) is 2.83. The van der Waals surface area contributed by atoms with Crippen LogP contribution in [0.2, 0.25) is 5.02 Å². The third-order valence-electron chi connectivity index (χ3n) is 2.47. The Kier molecular flexibility index (Phi) is 4.14. The van der Waals surface area contributed by atoms with E-state index in [9.17, 15) is 4.79 Å². The topological polar surface area (TPSA) is 81.8 Å². The monoisotopic (exact) mass is 297 g/mol. The minimum atomic E-state index is -1.23. The Balaban J connectivity index is 2.55. The molecule has 0 amide bonds.